The summed E-state index contributed by atoms with van der Waals surface area (Å²) in [6.07, 6.45) is 1.64. The van der Waals surface area contributed by atoms with Crippen LogP contribution in [0.5, 0.6) is 0 Å². The van der Waals surface area contributed by atoms with Crippen LogP contribution in [0, 0.1) is 10.5 Å². The molecule has 5 heteroatoms. The van der Waals surface area contributed by atoms with E-state index in [1.165, 1.54) is 10.5 Å². The van der Waals surface area contributed by atoms with Gasteiger partial charge in [0.15, 0.2) is 0 Å². The fourth-order valence-electron chi connectivity index (χ4n) is 2.22. The topological polar surface area (TPSA) is 41.5 Å². The van der Waals surface area contributed by atoms with Gasteiger partial charge < -0.3 is 0 Å². The summed E-state index contributed by atoms with van der Waals surface area (Å²) in [6, 6.07) is 23.9. The highest BCUT2D eigenvalue weighted by atomic mass is 127. The fourth-order valence-corrected chi connectivity index (χ4v) is 3.58. The van der Waals surface area contributed by atoms with Crippen molar-refractivity contribution in [1.82, 2.24) is 5.43 Å². The highest BCUT2D eigenvalue weighted by Gasteiger charge is 2.03. The summed E-state index contributed by atoms with van der Waals surface area (Å²) < 4.78 is 1.01. The Morgan fingerprint density at radius 2 is 1.65 bits per heavy atom. The standard InChI is InChI=1S/C21H17IN2OS/c1-15-5-9-19(10-6-15)26-20-11-7-16(8-12-20)14-23-24-21(25)17-3-2-4-18(22)13-17/h2-14H,1H3,(H,24,25)/b23-14-. The van der Waals surface area contributed by atoms with Crippen molar-refractivity contribution in [3.05, 3.63) is 93.1 Å². The van der Waals surface area contributed by atoms with Gasteiger partial charge in [-0.2, -0.15) is 5.10 Å². The second-order valence-electron chi connectivity index (χ2n) is 5.69. The molecule has 3 aromatic rings. The van der Waals surface area contributed by atoms with E-state index in [1.807, 2.05) is 42.5 Å². The van der Waals surface area contributed by atoms with Crippen LogP contribution in [0.15, 0.2) is 87.7 Å². The Bertz CT molecular complexity index is 922. The van der Waals surface area contributed by atoms with Gasteiger partial charge in [-0.1, -0.05) is 47.7 Å². The van der Waals surface area contributed by atoms with Crippen LogP contribution in [-0.4, -0.2) is 12.1 Å². The molecular formula is C21H17IN2OS. The van der Waals surface area contributed by atoms with Crippen molar-refractivity contribution in [2.75, 3.05) is 0 Å². The Morgan fingerprint density at radius 3 is 2.31 bits per heavy atom. The minimum absolute atomic E-state index is 0.216. The molecule has 0 aliphatic rings. The van der Waals surface area contributed by atoms with Gasteiger partial charge in [-0.25, -0.2) is 5.43 Å². The lowest BCUT2D eigenvalue weighted by Gasteiger charge is -2.03. The molecule has 0 heterocycles. The van der Waals surface area contributed by atoms with E-state index in [0.29, 0.717) is 5.56 Å². The van der Waals surface area contributed by atoms with Crippen molar-refractivity contribution in [2.24, 2.45) is 5.10 Å². The van der Waals surface area contributed by atoms with Crippen LogP contribution in [0.1, 0.15) is 21.5 Å². The molecule has 0 bridgehead atoms. The smallest absolute Gasteiger partial charge is 0.267 e. The van der Waals surface area contributed by atoms with E-state index in [2.05, 4.69) is 64.3 Å². The zero-order valence-corrected chi connectivity index (χ0v) is 17.1. The number of hydrazone groups is 1. The van der Waals surface area contributed by atoms with Crippen LogP contribution in [0.3, 0.4) is 0 Å². The Labute approximate surface area is 171 Å². The average Bonchev–Trinajstić information content (AvgIpc) is 2.65. The van der Waals surface area contributed by atoms with Crippen LogP contribution in [0.25, 0.3) is 0 Å². The zero-order chi connectivity index (χ0) is 18.4. The molecule has 0 saturated carbocycles. The predicted octanol–water partition coefficient (Wildman–Crippen LogP) is 5.51. The molecule has 0 fully saturated rings. The van der Waals surface area contributed by atoms with Crippen LogP contribution < -0.4 is 5.43 Å². The number of nitrogens with zero attached hydrogens (tertiary/aromatic N) is 1. The molecule has 1 N–H and O–H groups in total. The normalized spacial score (nSPS) is 10.8. The number of carbonyl (C=O) groups excluding carboxylic acids is 1. The van der Waals surface area contributed by atoms with Gasteiger partial charge in [0.1, 0.15) is 0 Å². The van der Waals surface area contributed by atoms with Gasteiger partial charge in [0, 0.05) is 18.9 Å². The van der Waals surface area contributed by atoms with Gasteiger partial charge in [-0.3, -0.25) is 4.79 Å². The highest BCUT2D eigenvalue weighted by molar-refractivity contribution is 14.1. The molecule has 3 rings (SSSR count). The number of carbonyl (C=O) groups is 1. The lowest BCUT2D eigenvalue weighted by Crippen LogP contribution is -2.17. The number of hydrogen-bond donors (Lipinski definition) is 1. The second-order valence-corrected chi connectivity index (χ2v) is 8.09. The predicted molar refractivity (Wildman–Crippen MR) is 116 cm³/mol. The van der Waals surface area contributed by atoms with Crippen LogP contribution in [0.4, 0.5) is 0 Å². The molecule has 0 unspecified atom stereocenters. The van der Waals surface area contributed by atoms with Crippen LogP contribution in [0.2, 0.25) is 0 Å². The Morgan fingerprint density at radius 1 is 1.00 bits per heavy atom. The molecule has 3 aromatic carbocycles. The maximum absolute atomic E-state index is 12.0. The summed E-state index contributed by atoms with van der Waals surface area (Å²) in [5.41, 5.74) is 5.34. The van der Waals surface area contributed by atoms with Crippen molar-refractivity contribution >= 4 is 46.5 Å². The third-order valence-corrected chi connectivity index (χ3v) is 5.29. The number of benzene rings is 3. The summed E-state index contributed by atoms with van der Waals surface area (Å²) >= 11 is 3.90. The lowest BCUT2D eigenvalue weighted by molar-refractivity contribution is 0.0955. The minimum atomic E-state index is -0.216. The molecule has 0 aliphatic carbocycles. The lowest BCUT2D eigenvalue weighted by atomic mass is 10.2. The quantitative estimate of drug-likeness (QED) is 0.302. The second kappa shape index (κ2) is 9.00. The SMILES string of the molecule is Cc1ccc(Sc2ccc(/C=N\NC(=O)c3cccc(I)c3)cc2)cc1. The first-order valence-electron chi connectivity index (χ1n) is 8.04. The van der Waals surface area contributed by atoms with Crippen molar-refractivity contribution < 1.29 is 4.79 Å². The van der Waals surface area contributed by atoms with Gasteiger partial charge in [-0.15, -0.1) is 0 Å². The maximum atomic E-state index is 12.0. The molecule has 0 atom stereocenters. The van der Waals surface area contributed by atoms with E-state index < -0.39 is 0 Å². The number of halogens is 1. The molecule has 0 spiro atoms. The summed E-state index contributed by atoms with van der Waals surface area (Å²) in [5.74, 6) is -0.216. The van der Waals surface area contributed by atoms with E-state index in [0.717, 1.165) is 14.0 Å². The molecule has 1 amide bonds. The molecule has 0 saturated heterocycles. The van der Waals surface area contributed by atoms with E-state index in [-0.39, 0.29) is 5.91 Å². The van der Waals surface area contributed by atoms with Crippen LogP contribution >= 0.6 is 34.4 Å². The third-order valence-electron chi connectivity index (χ3n) is 3.60. The molecule has 0 aromatic heterocycles. The van der Waals surface area contributed by atoms with Gasteiger partial charge in [0.2, 0.25) is 0 Å². The first-order valence-corrected chi connectivity index (χ1v) is 9.93. The molecular weight excluding hydrogens is 455 g/mol. The molecule has 0 aliphatic heterocycles. The minimum Gasteiger partial charge on any atom is -0.267 e. The maximum Gasteiger partial charge on any atom is 0.271 e. The zero-order valence-electron chi connectivity index (χ0n) is 14.1. The number of aryl methyl sites for hydroxylation is 1. The number of nitrogens with one attached hydrogen (secondary N) is 1. The van der Waals surface area contributed by atoms with Gasteiger partial charge >= 0.3 is 0 Å². The summed E-state index contributed by atoms with van der Waals surface area (Å²) in [5, 5.41) is 4.04. The number of hydrogen-bond acceptors (Lipinski definition) is 3. The first-order chi connectivity index (χ1) is 12.6. The molecule has 130 valence electrons. The monoisotopic (exact) mass is 472 g/mol. The summed E-state index contributed by atoms with van der Waals surface area (Å²) in [6.45, 7) is 2.08. The van der Waals surface area contributed by atoms with Gasteiger partial charge in [0.05, 0.1) is 6.21 Å². The summed E-state index contributed by atoms with van der Waals surface area (Å²) in [4.78, 5) is 14.4. The molecule has 0 radical (unpaired) electrons. The highest BCUT2D eigenvalue weighted by Crippen LogP contribution is 2.27. The van der Waals surface area contributed by atoms with Gasteiger partial charge in [0.25, 0.3) is 5.91 Å². The Hall–Kier alpha value is -2.12. The van der Waals surface area contributed by atoms with Crippen molar-refractivity contribution in [2.45, 2.75) is 16.7 Å². The Balaban J connectivity index is 1.57. The van der Waals surface area contributed by atoms with E-state index >= 15 is 0 Å². The average molecular weight is 472 g/mol. The van der Waals surface area contributed by atoms with Crippen LogP contribution in [-0.2, 0) is 0 Å². The van der Waals surface area contributed by atoms with Crippen molar-refractivity contribution in [1.29, 1.82) is 0 Å². The largest absolute Gasteiger partial charge is 0.271 e. The Kier molecular flexibility index (Phi) is 6.46. The van der Waals surface area contributed by atoms with E-state index in [1.54, 1.807) is 24.0 Å². The molecule has 3 nitrogen and oxygen atoms in total. The number of rotatable bonds is 5. The van der Waals surface area contributed by atoms with Gasteiger partial charge in [-0.05, 0) is 77.5 Å². The molecule has 26 heavy (non-hydrogen) atoms. The third kappa shape index (κ3) is 5.44. The van der Waals surface area contributed by atoms with Crippen molar-refractivity contribution in [3.63, 3.8) is 0 Å². The number of amides is 1. The van der Waals surface area contributed by atoms with Crippen molar-refractivity contribution in [3.8, 4) is 0 Å². The summed E-state index contributed by atoms with van der Waals surface area (Å²) in [7, 11) is 0. The fraction of sp³-hybridized carbons (Fsp3) is 0.0476. The van der Waals surface area contributed by atoms with E-state index in [9.17, 15) is 4.79 Å². The first kappa shape index (κ1) is 18.7. The van der Waals surface area contributed by atoms with E-state index in [4.69, 9.17) is 0 Å².